The van der Waals surface area contributed by atoms with Crippen molar-refractivity contribution >= 4 is 81.2 Å². The van der Waals surface area contributed by atoms with Crippen molar-refractivity contribution in [2.75, 3.05) is 5.32 Å². The molecule has 0 saturated carbocycles. The van der Waals surface area contributed by atoms with Gasteiger partial charge in [-0.2, -0.15) is 0 Å². The molecule has 0 aliphatic carbocycles. The monoisotopic (exact) mass is 444 g/mol. The van der Waals surface area contributed by atoms with Crippen LogP contribution in [0, 0.1) is 0 Å². The molecule has 128 valence electrons. The lowest BCUT2D eigenvalue weighted by atomic mass is 10.2. The number of benzene rings is 2. The highest BCUT2D eigenvalue weighted by atomic mass is 35.6. The first-order valence-corrected chi connectivity index (χ1v) is 8.78. The maximum atomic E-state index is 12.4. The van der Waals surface area contributed by atoms with Crippen molar-refractivity contribution in [3.05, 3.63) is 63.1 Å². The van der Waals surface area contributed by atoms with Crippen LogP contribution in [0.3, 0.4) is 0 Å². The second kappa shape index (κ2) is 8.22. The topological polar surface area (TPSA) is 41.1 Å². The summed E-state index contributed by atoms with van der Waals surface area (Å²) >= 11 is 35.8. The van der Waals surface area contributed by atoms with Gasteiger partial charge in [-0.15, -0.1) is 0 Å². The molecule has 0 heterocycles. The molecule has 2 aromatic rings. The van der Waals surface area contributed by atoms with E-state index in [2.05, 4.69) is 10.6 Å². The average molecular weight is 447 g/mol. The summed E-state index contributed by atoms with van der Waals surface area (Å²) in [6.07, 6.45) is -1.06. The third-order valence-electron chi connectivity index (χ3n) is 2.92. The Bertz CT molecular complexity index is 747. The van der Waals surface area contributed by atoms with Gasteiger partial charge in [-0.25, -0.2) is 0 Å². The largest absolute Gasteiger partial charge is 0.361 e. The van der Waals surface area contributed by atoms with Gasteiger partial charge in [-0.3, -0.25) is 4.79 Å². The van der Waals surface area contributed by atoms with Crippen LogP contribution in [0.15, 0.2) is 42.5 Å². The molecular weight excluding hydrogens is 437 g/mol. The van der Waals surface area contributed by atoms with Crippen LogP contribution < -0.4 is 10.6 Å². The van der Waals surface area contributed by atoms with Crippen molar-refractivity contribution in [2.24, 2.45) is 0 Å². The maximum Gasteiger partial charge on any atom is 0.253 e. The van der Waals surface area contributed by atoms with E-state index in [0.717, 1.165) is 0 Å². The third kappa shape index (κ3) is 5.48. The molecule has 1 unspecified atom stereocenters. The molecule has 0 spiro atoms. The minimum Gasteiger partial charge on any atom is -0.361 e. The van der Waals surface area contributed by atoms with Crippen molar-refractivity contribution in [1.82, 2.24) is 5.32 Å². The van der Waals surface area contributed by atoms with Crippen LogP contribution in [0.25, 0.3) is 0 Å². The van der Waals surface area contributed by atoms with Gasteiger partial charge < -0.3 is 10.6 Å². The van der Waals surface area contributed by atoms with E-state index in [0.29, 0.717) is 26.3 Å². The smallest absolute Gasteiger partial charge is 0.253 e. The Balaban J connectivity index is 2.23. The number of amides is 1. The fourth-order valence-electron chi connectivity index (χ4n) is 1.81. The predicted octanol–water partition coefficient (Wildman–Crippen LogP) is 6.19. The summed E-state index contributed by atoms with van der Waals surface area (Å²) in [6.45, 7) is 0. The third-order valence-corrected chi connectivity index (χ3v) is 4.37. The quantitative estimate of drug-likeness (QED) is 0.434. The number of hydrogen-bond acceptors (Lipinski definition) is 2. The molecule has 2 aromatic carbocycles. The SMILES string of the molecule is O=C(NC(Nc1cc(Cl)ccc1Cl)C(Cl)(Cl)Cl)c1cccc(Cl)c1. The van der Waals surface area contributed by atoms with Crippen molar-refractivity contribution < 1.29 is 4.79 Å². The first-order valence-electron chi connectivity index (χ1n) is 6.51. The molecule has 9 heteroatoms. The molecule has 0 aliphatic rings. The van der Waals surface area contributed by atoms with Gasteiger partial charge in [0.05, 0.1) is 10.7 Å². The van der Waals surface area contributed by atoms with Crippen molar-refractivity contribution in [1.29, 1.82) is 0 Å². The van der Waals surface area contributed by atoms with E-state index in [9.17, 15) is 4.79 Å². The Labute approximate surface area is 169 Å². The van der Waals surface area contributed by atoms with Gasteiger partial charge >= 0.3 is 0 Å². The summed E-state index contributed by atoms with van der Waals surface area (Å²) in [7, 11) is 0. The lowest BCUT2D eigenvalue weighted by molar-refractivity contribution is 0.0942. The highest BCUT2D eigenvalue weighted by Gasteiger charge is 2.34. The summed E-state index contributed by atoms with van der Waals surface area (Å²) in [4.78, 5) is 12.4. The number of carbonyl (C=O) groups is 1. The van der Waals surface area contributed by atoms with Crippen LogP contribution in [-0.2, 0) is 0 Å². The Morgan fingerprint density at radius 2 is 1.62 bits per heavy atom. The molecule has 2 rings (SSSR count). The predicted molar refractivity (Wildman–Crippen MR) is 103 cm³/mol. The Kier molecular flexibility index (Phi) is 6.77. The van der Waals surface area contributed by atoms with E-state index < -0.39 is 15.9 Å². The van der Waals surface area contributed by atoms with E-state index in [1.54, 1.807) is 36.4 Å². The Morgan fingerprint density at radius 1 is 0.958 bits per heavy atom. The van der Waals surface area contributed by atoms with Gasteiger partial charge in [0.15, 0.2) is 0 Å². The summed E-state index contributed by atoms with van der Waals surface area (Å²) in [5, 5.41) is 6.66. The second-order valence-electron chi connectivity index (χ2n) is 4.73. The number of alkyl halides is 3. The fraction of sp³-hybridized carbons (Fsp3) is 0.133. The van der Waals surface area contributed by atoms with E-state index in [-0.39, 0.29) is 0 Å². The van der Waals surface area contributed by atoms with Crippen LogP contribution in [0.5, 0.6) is 0 Å². The van der Waals surface area contributed by atoms with Crippen LogP contribution in [0.2, 0.25) is 15.1 Å². The molecule has 0 aromatic heterocycles. The van der Waals surface area contributed by atoms with E-state index in [1.807, 2.05) is 0 Å². The van der Waals surface area contributed by atoms with E-state index >= 15 is 0 Å². The Morgan fingerprint density at radius 3 is 2.25 bits per heavy atom. The van der Waals surface area contributed by atoms with Gasteiger partial charge in [0.2, 0.25) is 3.79 Å². The number of carbonyl (C=O) groups excluding carboxylic acids is 1. The fourth-order valence-corrected chi connectivity index (χ4v) is 2.67. The first kappa shape index (κ1) is 19.8. The molecular formula is C15H10Cl6N2O. The van der Waals surface area contributed by atoms with Crippen molar-refractivity contribution in [2.45, 2.75) is 9.96 Å². The highest BCUT2D eigenvalue weighted by Crippen LogP contribution is 2.34. The summed E-state index contributed by atoms with van der Waals surface area (Å²) in [5.41, 5.74) is 0.729. The number of nitrogens with one attached hydrogen (secondary N) is 2. The van der Waals surface area contributed by atoms with Gasteiger partial charge in [0.1, 0.15) is 6.17 Å². The zero-order chi connectivity index (χ0) is 17.9. The summed E-state index contributed by atoms with van der Waals surface area (Å²) < 4.78 is -1.85. The molecule has 0 saturated heterocycles. The molecule has 0 bridgehead atoms. The minimum absolute atomic E-state index is 0.320. The van der Waals surface area contributed by atoms with Gasteiger partial charge in [-0.1, -0.05) is 75.7 Å². The van der Waals surface area contributed by atoms with E-state index in [1.165, 1.54) is 6.07 Å². The number of anilines is 1. The van der Waals surface area contributed by atoms with Crippen molar-refractivity contribution in [3.8, 4) is 0 Å². The maximum absolute atomic E-state index is 12.4. The highest BCUT2D eigenvalue weighted by molar-refractivity contribution is 6.68. The number of halogens is 6. The molecule has 1 amide bonds. The van der Waals surface area contributed by atoms with Crippen LogP contribution in [0.4, 0.5) is 5.69 Å². The lowest BCUT2D eigenvalue weighted by Gasteiger charge is -2.28. The number of rotatable bonds is 4. The average Bonchev–Trinajstić information content (AvgIpc) is 2.49. The standard InChI is InChI=1S/C15H10Cl6N2O/c16-9-3-1-2-8(6-9)13(24)23-14(15(19,20)21)22-12-7-10(17)4-5-11(12)18/h1-7,14,22H,(H,23,24). The molecule has 0 radical (unpaired) electrons. The Hall–Kier alpha value is -0.550. The second-order valence-corrected chi connectivity index (χ2v) is 8.38. The zero-order valence-electron chi connectivity index (χ0n) is 11.8. The zero-order valence-corrected chi connectivity index (χ0v) is 16.3. The molecule has 2 N–H and O–H groups in total. The van der Waals surface area contributed by atoms with Gasteiger partial charge in [0, 0.05) is 15.6 Å². The normalized spacial score (nSPS) is 12.6. The molecule has 24 heavy (non-hydrogen) atoms. The molecule has 1 atom stereocenters. The van der Waals surface area contributed by atoms with Gasteiger partial charge in [-0.05, 0) is 36.4 Å². The van der Waals surface area contributed by atoms with Crippen LogP contribution in [-0.4, -0.2) is 15.9 Å². The molecule has 0 fully saturated rings. The summed E-state index contributed by atoms with van der Waals surface area (Å²) in [5.74, 6) is -0.473. The van der Waals surface area contributed by atoms with Gasteiger partial charge in [0.25, 0.3) is 5.91 Å². The van der Waals surface area contributed by atoms with Crippen LogP contribution >= 0.6 is 69.6 Å². The molecule has 0 aliphatic heterocycles. The van der Waals surface area contributed by atoms with Crippen LogP contribution in [0.1, 0.15) is 10.4 Å². The minimum atomic E-state index is -1.85. The number of hydrogen-bond donors (Lipinski definition) is 2. The lowest BCUT2D eigenvalue weighted by Crippen LogP contribution is -2.49. The molecule has 3 nitrogen and oxygen atoms in total. The van der Waals surface area contributed by atoms with Crippen molar-refractivity contribution in [3.63, 3.8) is 0 Å². The summed E-state index contributed by atoms with van der Waals surface area (Å²) in [6, 6.07) is 11.1. The van der Waals surface area contributed by atoms with E-state index in [4.69, 9.17) is 69.6 Å². The first-order chi connectivity index (χ1) is 11.2.